The summed E-state index contributed by atoms with van der Waals surface area (Å²) in [6.07, 6.45) is 3.24. The summed E-state index contributed by atoms with van der Waals surface area (Å²) in [6, 6.07) is 6.03. The van der Waals surface area contributed by atoms with E-state index in [-0.39, 0.29) is 11.4 Å². The van der Waals surface area contributed by atoms with E-state index in [9.17, 15) is 14.0 Å². The second-order valence-electron chi connectivity index (χ2n) is 6.31. The van der Waals surface area contributed by atoms with E-state index >= 15 is 0 Å². The van der Waals surface area contributed by atoms with E-state index in [1.807, 2.05) is 0 Å². The van der Waals surface area contributed by atoms with Crippen LogP contribution in [0.3, 0.4) is 0 Å². The van der Waals surface area contributed by atoms with Gasteiger partial charge in [-0.1, -0.05) is 25.1 Å². The third-order valence-electron chi connectivity index (χ3n) is 4.29. The number of hydrogen-bond donors (Lipinski definition) is 0. The lowest BCUT2D eigenvalue weighted by molar-refractivity contribution is -0.180. The number of ether oxygens (including phenoxy) is 2. The second kappa shape index (κ2) is 7.60. The summed E-state index contributed by atoms with van der Waals surface area (Å²) in [7, 11) is 0. The minimum Gasteiger partial charge on any atom is -0.451 e. The number of benzene rings is 1. The topological polar surface area (TPSA) is 52.6 Å². The molecule has 130 valence electrons. The van der Waals surface area contributed by atoms with Gasteiger partial charge in [0.2, 0.25) is 0 Å². The summed E-state index contributed by atoms with van der Waals surface area (Å²) in [5.74, 6) is -1.56. The molecular formula is C19H23FO4. The average Bonchev–Trinajstić information content (AvgIpc) is 2.56. The van der Waals surface area contributed by atoms with E-state index in [1.165, 1.54) is 26.0 Å². The van der Waals surface area contributed by atoms with E-state index < -0.39 is 23.6 Å². The third-order valence-corrected chi connectivity index (χ3v) is 4.29. The Balaban J connectivity index is 2.16. The Morgan fingerprint density at radius 1 is 1.17 bits per heavy atom. The van der Waals surface area contributed by atoms with Gasteiger partial charge in [-0.25, -0.2) is 14.0 Å². The summed E-state index contributed by atoms with van der Waals surface area (Å²) >= 11 is 0. The number of hydrogen-bond acceptors (Lipinski definition) is 4. The van der Waals surface area contributed by atoms with Crippen LogP contribution in [-0.4, -0.2) is 18.0 Å². The van der Waals surface area contributed by atoms with Crippen LogP contribution in [0.5, 0.6) is 0 Å². The van der Waals surface area contributed by atoms with Gasteiger partial charge in [0.05, 0.1) is 0 Å². The Morgan fingerprint density at radius 3 is 2.29 bits per heavy atom. The van der Waals surface area contributed by atoms with E-state index in [4.69, 9.17) is 9.47 Å². The Morgan fingerprint density at radius 2 is 1.75 bits per heavy atom. The molecule has 0 heterocycles. The van der Waals surface area contributed by atoms with Crippen molar-refractivity contribution in [3.63, 3.8) is 0 Å². The molecular weight excluding hydrogens is 311 g/mol. The van der Waals surface area contributed by atoms with Crippen molar-refractivity contribution in [3.8, 4) is 0 Å². The zero-order valence-corrected chi connectivity index (χ0v) is 14.1. The summed E-state index contributed by atoms with van der Waals surface area (Å²) in [6.45, 7) is 6.48. The molecule has 1 fully saturated rings. The zero-order valence-electron chi connectivity index (χ0n) is 14.1. The molecule has 0 amide bonds. The first-order chi connectivity index (χ1) is 11.3. The van der Waals surface area contributed by atoms with Crippen molar-refractivity contribution in [2.24, 2.45) is 0 Å². The van der Waals surface area contributed by atoms with Gasteiger partial charge >= 0.3 is 11.9 Å². The SMILES string of the molecule is C=C(C)C(=O)OC(C)C(=O)OC1(c2ccc(F)cc2)CCCCC1. The number of carbonyl (C=O) groups excluding carboxylic acids is 2. The van der Waals surface area contributed by atoms with Crippen molar-refractivity contribution in [2.45, 2.75) is 57.7 Å². The average molecular weight is 334 g/mol. The molecule has 5 heteroatoms. The van der Waals surface area contributed by atoms with Crippen molar-refractivity contribution in [1.29, 1.82) is 0 Å². The molecule has 1 saturated carbocycles. The second-order valence-corrected chi connectivity index (χ2v) is 6.31. The maximum Gasteiger partial charge on any atom is 0.348 e. The standard InChI is InChI=1S/C19H23FO4/c1-13(2)17(21)23-14(3)18(22)24-19(11-5-4-6-12-19)15-7-9-16(20)10-8-15/h7-10,14H,1,4-6,11-12H2,2-3H3. The lowest BCUT2D eigenvalue weighted by Gasteiger charge is -2.37. The molecule has 1 aliphatic rings. The van der Waals surface area contributed by atoms with Gasteiger partial charge in [-0.3, -0.25) is 0 Å². The largest absolute Gasteiger partial charge is 0.451 e. The van der Waals surface area contributed by atoms with Crippen molar-refractivity contribution in [2.75, 3.05) is 0 Å². The minimum atomic E-state index is -1.02. The molecule has 1 aromatic carbocycles. The molecule has 0 radical (unpaired) electrons. The van der Waals surface area contributed by atoms with Crippen LogP contribution in [0.2, 0.25) is 0 Å². The first kappa shape index (κ1) is 18.2. The highest BCUT2D eigenvalue weighted by Crippen LogP contribution is 2.41. The molecule has 1 atom stereocenters. The van der Waals surface area contributed by atoms with Crippen LogP contribution in [0.1, 0.15) is 51.5 Å². The first-order valence-electron chi connectivity index (χ1n) is 8.19. The molecule has 4 nitrogen and oxygen atoms in total. The monoisotopic (exact) mass is 334 g/mol. The van der Waals surface area contributed by atoms with Gasteiger partial charge in [0.25, 0.3) is 0 Å². The number of carbonyl (C=O) groups is 2. The van der Waals surface area contributed by atoms with Crippen LogP contribution >= 0.6 is 0 Å². The Bertz CT molecular complexity index is 615. The van der Waals surface area contributed by atoms with Crippen LogP contribution in [0.25, 0.3) is 0 Å². The summed E-state index contributed by atoms with van der Waals surface area (Å²) < 4.78 is 24.0. The highest BCUT2D eigenvalue weighted by atomic mass is 19.1. The fraction of sp³-hybridized carbons (Fsp3) is 0.474. The maximum atomic E-state index is 13.2. The lowest BCUT2D eigenvalue weighted by atomic mass is 9.79. The minimum absolute atomic E-state index is 0.223. The molecule has 0 aliphatic heterocycles. The fourth-order valence-corrected chi connectivity index (χ4v) is 2.91. The molecule has 1 aromatic rings. The number of halogens is 1. The Labute approximate surface area is 141 Å². The van der Waals surface area contributed by atoms with Crippen molar-refractivity contribution >= 4 is 11.9 Å². The lowest BCUT2D eigenvalue weighted by Crippen LogP contribution is -2.39. The molecule has 0 saturated heterocycles. The fourth-order valence-electron chi connectivity index (χ4n) is 2.91. The van der Waals surface area contributed by atoms with E-state index in [0.29, 0.717) is 12.8 Å². The maximum absolute atomic E-state index is 13.2. The van der Waals surface area contributed by atoms with E-state index in [2.05, 4.69) is 6.58 Å². The van der Waals surface area contributed by atoms with E-state index in [1.54, 1.807) is 12.1 Å². The van der Waals surface area contributed by atoms with Crippen LogP contribution < -0.4 is 0 Å². The summed E-state index contributed by atoms with van der Waals surface area (Å²) in [4.78, 5) is 24.0. The number of rotatable bonds is 5. The molecule has 2 rings (SSSR count). The van der Waals surface area contributed by atoms with Gasteiger partial charge in [-0.15, -0.1) is 0 Å². The summed E-state index contributed by atoms with van der Waals surface area (Å²) in [5.41, 5.74) is 0.211. The van der Waals surface area contributed by atoms with Crippen molar-refractivity contribution < 1.29 is 23.5 Å². The van der Waals surface area contributed by atoms with Gasteiger partial charge in [0.1, 0.15) is 11.4 Å². The third kappa shape index (κ3) is 4.22. The molecule has 24 heavy (non-hydrogen) atoms. The van der Waals surface area contributed by atoms with Gasteiger partial charge < -0.3 is 9.47 Å². The predicted octanol–water partition coefficient (Wildman–Crippen LogP) is 4.04. The van der Waals surface area contributed by atoms with Gasteiger partial charge in [-0.2, -0.15) is 0 Å². The summed E-state index contributed by atoms with van der Waals surface area (Å²) in [5, 5.41) is 0. The van der Waals surface area contributed by atoms with Gasteiger partial charge in [0.15, 0.2) is 6.10 Å². The molecule has 0 N–H and O–H groups in total. The molecule has 1 unspecified atom stereocenters. The molecule has 0 aromatic heterocycles. The smallest absolute Gasteiger partial charge is 0.348 e. The Hall–Kier alpha value is -2.17. The predicted molar refractivity (Wildman–Crippen MR) is 87.6 cm³/mol. The Kier molecular flexibility index (Phi) is 5.75. The van der Waals surface area contributed by atoms with Crippen molar-refractivity contribution in [3.05, 3.63) is 47.8 Å². The van der Waals surface area contributed by atoms with Crippen LogP contribution in [-0.2, 0) is 24.7 Å². The van der Waals surface area contributed by atoms with Crippen LogP contribution in [0.4, 0.5) is 4.39 Å². The quantitative estimate of drug-likeness (QED) is 0.602. The van der Waals surface area contributed by atoms with Crippen molar-refractivity contribution in [1.82, 2.24) is 0 Å². The van der Waals surface area contributed by atoms with Crippen LogP contribution in [0, 0.1) is 5.82 Å². The number of esters is 2. The molecule has 0 spiro atoms. The first-order valence-corrected chi connectivity index (χ1v) is 8.19. The van der Waals surface area contributed by atoms with Gasteiger partial charge in [0, 0.05) is 5.57 Å². The molecule has 1 aliphatic carbocycles. The highest BCUT2D eigenvalue weighted by molar-refractivity contribution is 5.89. The van der Waals surface area contributed by atoms with Crippen LogP contribution in [0.15, 0.2) is 36.4 Å². The highest BCUT2D eigenvalue weighted by Gasteiger charge is 2.39. The van der Waals surface area contributed by atoms with Gasteiger partial charge in [-0.05, 0) is 57.2 Å². The van der Waals surface area contributed by atoms with E-state index in [0.717, 1.165) is 24.8 Å². The molecule has 0 bridgehead atoms. The normalized spacial score (nSPS) is 17.6. The zero-order chi connectivity index (χ0) is 17.7.